The zero-order valence-corrected chi connectivity index (χ0v) is 10.2. The number of hydrogen-bond donors (Lipinski definition) is 1. The number of hydrogen-bond acceptors (Lipinski definition) is 6. The van der Waals surface area contributed by atoms with E-state index in [1.807, 2.05) is 0 Å². The van der Waals surface area contributed by atoms with E-state index in [9.17, 15) is 4.79 Å². The molecule has 1 fully saturated rings. The van der Waals surface area contributed by atoms with Crippen LogP contribution in [0.5, 0.6) is 0 Å². The van der Waals surface area contributed by atoms with Crippen molar-refractivity contribution in [2.75, 3.05) is 32.6 Å². The largest absolute Gasteiger partial charge is 0.464 e. The van der Waals surface area contributed by atoms with Gasteiger partial charge in [0.2, 0.25) is 0 Å². The van der Waals surface area contributed by atoms with E-state index in [-0.39, 0.29) is 5.97 Å². The zero-order valence-electron chi connectivity index (χ0n) is 9.40. The molecule has 2 rings (SSSR count). The van der Waals surface area contributed by atoms with E-state index in [0.29, 0.717) is 11.7 Å². The van der Waals surface area contributed by atoms with Crippen molar-refractivity contribution in [2.45, 2.75) is 12.5 Å². The molecular weight excluding hydrogens is 226 g/mol. The van der Waals surface area contributed by atoms with Crippen LogP contribution >= 0.6 is 11.3 Å². The van der Waals surface area contributed by atoms with Gasteiger partial charge in [-0.15, -0.1) is 11.3 Å². The van der Waals surface area contributed by atoms with E-state index in [1.54, 1.807) is 5.38 Å². The average molecular weight is 241 g/mol. The van der Waals surface area contributed by atoms with Gasteiger partial charge in [-0.1, -0.05) is 0 Å². The normalized spacial score (nSPS) is 21.0. The van der Waals surface area contributed by atoms with Crippen LogP contribution in [0.4, 0.5) is 5.13 Å². The summed E-state index contributed by atoms with van der Waals surface area (Å²) in [5, 5.41) is 5.84. The van der Waals surface area contributed by atoms with Gasteiger partial charge >= 0.3 is 5.97 Å². The van der Waals surface area contributed by atoms with Gasteiger partial charge in [-0.05, 0) is 20.0 Å². The number of likely N-dealkylation sites (N-methyl/N-ethyl adjacent to an activating group) is 1. The van der Waals surface area contributed by atoms with Gasteiger partial charge in [-0.2, -0.15) is 0 Å². The highest BCUT2D eigenvalue weighted by molar-refractivity contribution is 7.13. The maximum Gasteiger partial charge on any atom is 0.357 e. The Bertz CT molecular complexity index is 380. The molecule has 88 valence electrons. The van der Waals surface area contributed by atoms with E-state index < -0.39 is 0 Å². The molecule has 0 amide bonds. The fraction of sp³-hybridized carbons (Fsp3) is 0.600. The number of methoxy groups -OCH3 is 1. The summed E-state index contributed by atoms with van der Waals surface area (Å²) < 4.78 is 4.61. The number of nitrogens with one attached hydrogen (secondary N) is 1. The molecule has 0 aromatic carbocycles. The second-order valence-electron chi connectivity index (χ2n) is 3.92. The standard InChI is InChI=1S/C10H15N3O2S/c1-13-4-3-7(5-13)11-10-12-8(6-16-10)9(14)15-2/h6-7H,3-5H2,1-2H3,(H,11,12). The van der Waals surface area contributed by atoms with Gasteiger partial charge in [-0.25, -0.2) is 9.78 Å². The van der Waals surface area contributed by atoms with Crippen molar-refractivity contribution in [3.05, 3.63) is 11.1 Å². The van der Waals surface area contributed by atoms with Crippen LogP contribution in [-0.2, 0) is 4.74 Å². The molecular formula is C10H15N3O2S. The van der Waals surface area contributed by atoms with Crippen LogP contribution in [0.2, 0.25) is 0 Å². The number of rotatable bonds is 3. The molecule has 1 atom stereocenters. The molecule has 1 aliphatic rings. The summed E-state index contributed by atoms with van der Waals surface area (Å²) in [6.45, 7) is 2.13. The second-order valence-corrected chi connectivity index (χ2v) is 4.78. The molecule has 16 heavy (non-hydrogen) atoms. The first-order valence-corrected chi connectivity index (χ1v) is 6.06. The van der Waals surface area contributed by atoms with Gasteiger partial charge in [0.15, 0.2) is 10.8 Å². The lowest BCUT2D eigenvalue weighted by atomic mass is 10.3. The van der Waals surface area contributed by atoms with Crippen molar-refractivity contribution < 1.29 is 9.53 Å². The van der Waals surface area contributed by atoms with Crippen molar-refractivity contribution in [3.63, 3.8) is 0 Å². The van der Waals surface area contributed by atoms with E-state index in [4.69, 9.17) is 0 Å². The predicted molar refractivity (Wildman–Crippen MR) is 63.0 cm³/mol. The summed E-state index contributed by atoms with van der Waals surface area (Å²) in [6, 6.07) is 0.432. The second kappa shape index (κ2) is 4.80. The lowest BCUT2D eigenvalue weighted by Gasteiger charge is -2.10. The third-order valence-corrected chi connectivity index (χ3v) is 3.39. The Labute approximate surface area is 98.4 Å². The smallest absolute Gasteiger partial charge is 0.357 e. The number of anilines is 1. The third kappa shape index (κ3) is 2.51. The monoisotopic (exact) mass is 241 g/mol. The molecule has 1 saturated heterocycles. The number of carbonyl (C=O) groups is 1. The number of nitrogens with zero attached hydrogens (tertiary/aromatic N) is 2. The van der Waals surface area contributed by atoms with Gasteiger partial charge in [0.25, 0.3) is 0 Å². The van der Waals surface area contributed by atoms with Crippen LogP contribution in [0.25, 0.3) is 0 Å². The number of ether oxygens (including phenoxy) is 1. The summed E-state index contributed by atoms with van der Waals surface area (Å²) in [7, 11) is 3.46. The number of thiazole rings is 1. The highest BCUT2D eigenvalue weighted by atomic mass is 32.1. The molecule has 1 N–H and O–H groups in total. The molecule has 1 unspecified atom stereocenters. The molecule has 6 heteroatoms. The fourth-order valence-corrected chi connectivity index (χ4v) is 2.52. The van der Waals surface area contributed by atoms with Crippen molar-refractivity contribution in [1.29, 1.82) is 0 Å². The van der Waals surface area contributed by atoms with Crippen molar-refractivity contribution in [2.24, 2.45) is 0 Å². The maximum absolute atomic E-state index is 11.2. The Morgan fingerprint density at radius 1 is 1.75 bits per heavy atom. The lowest BCUT2D eigenvalue weighted by molar-refractivity contribution is 0.0595. The molecule has 0 spiro atoms. The predicted octanol–water partition coefficient (Wildman–Crippen LogP) is 1.05. The first-order valence-electron chi connectivity index (χ1n) is 5.18. The Hall–Kier alpha value is -1.14. The topological polar surface area (TPSA) is 54.5 Å². The van der Waals surface area contributed by atoms with E-state index in [0.717, 1.165) is 24.6 Å². The summed E-state index contributed by atoms with van der Waals surface area (Å²) in [4.78, 5) is 17.7. The minimum Gasteiger partial charge on any atom is -0.464 e. The minimum atomic E-state index is -0.382. The summed E-state index contributed by atoms with van der Waals surface area (Å²) in [6.07, 6.45) is 1.11. The first-order chi connectivity index (χ1) is 7.69. The quantitative estimate of drug-likeness (QED) is 0.802. The highest BCUT2D eigenvalue weighted by Gasteiger charge is 2.20. The molecule has 0 saturated carbocycles. The minimum absolute atomic E-state index is 0.376. The molecule has 5 nitrogen and oxygen atoms in total. The molecule has 0 aliphatic carbocycles. The van der Waals surface area contributed by atoms with Crippen molar-refractivity contribution in [3.8, 4) is 0 Å². The summed E-state index contributed by atoms with van der Waals surface area (Å²) in [5.41, 5.74) is 0.376. The third-order valence-electron chi connectivity index (χ3n) is 2.62. The van der Waals surface area contributed by atoms with Gasteiger partial charge in [0.05, 0.1) is 7.11 Å². The van der Waals surface area contributed by atoms with Crippen LogP contribution in [-0.4, -0.2) is 49.1 Å². The molecule has 0 bridgehead atoms. The first kappa shape index (κ1) is 11.3. The van der Waals surface area contributed by atoms with E-state index >= 15 is 0 Å². The van der Waals surface area contributed by atoms with Gasteiger partial charge in [-0.3, -0.25) is 0 Å². The fourth-order valence-electron chi connectivity index (χ4n) is 1.77. The van der Waals surface area contributed by atoms with Crippen molar-refractivity contribution in [1.82, 2.24) is 9.88 Å². The highest BCUT2D eigenvalue weighted by Crippen LogP contribution is 2.19. The van der Waals surface area contributed by atoms with Gasteiger partial charge in [0.1, 0.15) is 0 Å². The van der Waals surface area contributed by atoms with Crippen LogP contribution in [0, 0.1) is 0 Å². The molecule has 1 aliphatic heterocycles. The average Bonchev–Trinajstić information content (AvgIpc) is 2.87. The summed E-state index contributed by atoms with van der Waals surface area (Å²) >= 11 is 1.44. The van der Waals surface area contributed by atoms with E-state index in [1.165, 1.54) is 18.4 Å². The molecule has 1 aromatic rings. The number of esters is 1. The Morgan fingerprint density at radius 3 is 3.19 bits per heavy atom. The van der Waals surface area contributed by atoms with Crippen LogP contribution in [0.1, 0.15) is 16.9 Å². The molecule has 1 aromatic heterocycles. The lowest BCUT2D eigenvalue weighted by Crippen LogP contribution is -2.23. The van der Waals surface area contributed by atoms with Crippen LogP contribution in [0.15, 0.2) is 5.38 Å². The van der Waals surface area contributed by atoms with Gasteiger partial charge < -0.3 is 15.0 Å². The van der Waals surface area contributed by atoms with Crippen LogP contribution in [0.3, 0.4) is 0 Å². The number of likely N-dealkylation sites (tertiary alicyclic amines) is 1. The molecule has 2 heterocycles. The zero-order chi connectivity index (χ0) is 11.5. The SMILES string of the molecule is COC(=O)c1csc(NC2CCN(C)C2)n1. The Balaban J connectivity index is 1.95. The Kier molecular flexibility index (Phi) is 3.40. The van der Waals surface area contributed by atoms with Crippen LogP contribution < -0.4 is 5.32 Å². The Morgan fingerprint density at radius 2 is 2.56 bits per heavy atom. The number of aromatic nitrogens is 1. The van der Waals surface area contributed by atoms with Crippen molar-refractivity contribution >= 4 is 22.4 Å². The summed E-state index contributed by atoms with van der Waals surface area (Å²) in [5.74, 6) is -0.382. The maximum atomic E-state index is 11.2. The molecule has 0 radical (unpaired) electrons. The van der Waals surface area contributed by atoms with Gasteiger partial charge in [0, 0.05) is 18.0 Å². The van der Waals surface area contributed by atoms with E-state index in [2.05, 4.69) is 27.0 Å². The number of carbonyl (C=O) groups excluding carboxylic acids is 1.